The molecule has 2 atom stereocenters. The van der Waals surface area contributed by atoms with Crippen molar-refractivity contribution in [3.05, 3.63) is 23.0 Å². The minimum absolute atomic E-state index is 0.630. The van der Waals surface area contributed by atoms with E-state index in [9.17, 15) is 0 Å². The van der Waals surface area contributed by atoms with Crippen molar-refractivity contribution >= 4 is 11.8 Å². The Labute approximate surface area is 114 Å². The van der Waals surface area contributed by atoms with Crippen LogP contribution >= 0.6 is 11.8 Å². The first-order valence-electron chi connectivity index (χ1n) is 6.48. The molecule has 1 aliphatic rings. The molecule has 1 aliphatic carbocycles. The van der Waals surface area contributed by atoms with Crippen molar-refractivity contribution in [2.24, 2.45) is 7.05 Å². The summed E-state index contributed by atoms with van der Waals surface area (Å²) in [5.74, 6) is 0. The zero-order valence-corrected chi connectivity index (χ0v) is 12.2. The third kappa shape index (κ3) is 2.57. The van der Waals surface area contributed by atoms with Crippen LogP contribution in [0.15, 0.2) is 6.07 Å². The highest BCUT2D eigenvalue weighted by Gasteiger charge is 2.26. The third-order valence-corrected chi connectivity index (χ3v) is 5.23. The van der Waals surface area contributed by atoms with E-state index in [0.29, 0.717) is 6.04 Å². The van der Waals surface area contributed by atoms with Crippen molar-refractivity contribution in [3.8, 4) is 6.07 Å². The molecule has 0 spiro atoms. The molecule has 0 amide bonds. The average molecular weight is 263 g/mol. The van der Waals surface area contributed by atoms with Gasteiger partial charge in [-0.25, -0.2) is 0 Å². The fourth-order valence-electron chi connectivity index (χ4n) is 2.73. The molecular weight excluding hydrogens is 242 g/mol. The Bertz CT molecular complexity index is 458. The standard InChI is InChI=1S/C14H21N3S/c1-10-11(7-12(8-15)17(10)2)9-16-13-5-4-6-14(13)18-3/h7,13-14,16H,4-6,9H2,1-3H3. The van der Waals surface area contributed by atoms with E-state index in [1.807, 2.05) is 29.4 Å². The molecule has 1 fully saturated rings. The van der Waals surface area contributed by atoms with E-state index in [4.69, 9.17) is 5.26 Å². The molecule has 0 saturated heterocycles. The van der Waals surface area contributed by atoms with Gasteiger partial charge in [0.2, 0.25) is 0 Å². The summed E-state index contributed by atoms with van der Waals surface area (Å²) in [4.78, 5) is 0. The number of nitrogens with one attached hydrogen (secondary N) is 1. The van der Waals surface area contributed by atoms with Crippen LogP contribution in [-0.4, -0.2) is 22.1 Å². The smallest absolute Gasteiger partial charge is 0.120 e. The van der Waals surface area contributed by atoms with Crippen LogP contribution in [0.2, 0.25) is 0 Å². The molecule has 1 heterocycles. The topological polar surface area (TPSA) is 40.8 Å². The van der Waals surface area contributed by atoms with Gasteiger partial charge in [0, 0.05) is 30.6 Å². The number of nitrogens with zero attached hydrogens (tertiary/aromatic N) is 2. The van der Waals surface area contributed by atoms with Crippen LogP contribution in [0.25, 0.3) is 0 Å². The highest BCUT2D eigenvalue weighted by molar-refractivity contribution is 7.99. The van der Waals surface area contributed by atoms with Crippen LogP contribution in [0.5, 0.6) is 0 Å². The predicted octanol–water partition coefficient (Wildman–Crippen LogP) is 2.58. The minimum atomic E-state index is 0.630. The van der Waals surface area contributed by atoms with Gasteiger partial charge in [0.1, 0.15) is 11.8 Å². The summed E-state index contributed by atoms with van der Waals surface area (Å²) in [6, 6.07) is 4.87. The fraction of sp³-hybridized carbons (Fsp3) is 0.643. The van der Waals surface area contributed by atoms with Crippen LogP contribution < -0.4 is 5.32 Å². The first-order valence-corrected chi connectivity index (χ1v) is 7.77. The van der Waals surface area contributed by atoms with Gasteiger partial charge in [-0.1, -0.05) is 6.42 Å². The Kier molecular flexibility index (Phi) is 4.36. The van der Waals surface area contributed by atoms with Gasteiger partial charge in [0.05, 0.1) is 0 Å². The van der Waals surface area contributed by atoms with Gasteiger partial charge in [-0.15, -0.1) is 0 Å². The molecule has 0 aromatic carbocycles. The van der Waals surface area contributed by atoms with E-state index in [0.717, 1.165) is 17.5 Å². The summed E-state index contributed by atoms with van der Waals surface area (Å²) in [6.45, 7) is 2.96. The Hall–Kier alpha value is -0.920. The SMILES string of the molecule is CSC1CCCC1NCc1cc(C#N)n(C)c1C. The second-order valence-electron chi connectivity index (χ2n) is 5.00. The van der Waals surface area contributed by atoms with Gasteiger partial charge in [-0.3, -0.25) is 0 Å². The third-order valence-electron chi connectivity index (χ3n) is 4.06. The van der Waals surface area contributed by atoms with Gasteiger partial charge in [-0.2, -0.15) is 17.0 Å². The second kappa shape index (κ2) is 5.81. The van der Waals surface area contributed by atoms with E-state index in [-0.39, 0.29) is 0 Å². The van der Waals surface area contributed by atoms with Gasteiger partial charge < -0.3 is 9.88 Å². The van der Waals surface area contributed by atoms with Crippen molar-refractivity contribution in [1.82, 2.24) is 9.88 Å². The summed E-state index contributed by atoms with van der Waals surface area (Å²) in [6.07, 6.45) is 6.14. The average Bonchev–Trinajstić information content (AvgIpc) is 2.94. The van der Waals surface area contributed by atoms with E-state index < -0.39 is 0 Å². The van der Waals surface area contributed by atoms with Gasteiger partial charge in [-0.05, 0) is 37.7 Å². The Morgan fingerprint density at radius 1 is 1.56 bits per heavy atom. The fourth-order valence-corrected chi connectivity index (χ4v) is 3.69. The number of nitriles is 1. The quantitative estimate of drug-likeness (QED) is 0.907. The lowest BCUT2D eigenvalue weighted by atomic mass is 10.2. The lowest BCUT2D eigenvalue weighted by Gasteiger charge is -2.19. The highest BCUT2D eigenvalue weighted by atomic mass is 32.2. The molecule has 98 valence electrons. The summed E-state index contributed by atoms with van der Waals surface area (Å²) in [5, 5.41) is 13.4. The number of thioether (sulfide) groups is 1. The molecule has 4 heteroatoms. The monoisotopic (exact) mass is 263 g/mol. The maximum Gasteiger partial charge on any atom is 0.120 e. The predicted molar refractivity (Wildman–Crippen MR) is 76.6 cm³/mol. The molecule has 2 rings (SSSR count). The molecule has 1 saturated carbocycles. The first kappa shape index (κ1) is 13.5. The zero-order chi connectivity index (χ0) is 13.1. The van der Waals surface area contributed by atoms with Crippen LogP contribution in [0.1, 0.15) is 36.2 Å². The molecule has 0 aliphatic heterocycles. The second-order valence-corrected chi connectivity index (χ2v) is 6.08. The van der Waals surface area contributed by atoms with E-state index in [2.05, 4.69) is 24.6 Å². The number of rotatable bonds is 4. The van der Waals surface area contributed by atoms with Gasteiger partial charge in [0.15, 0.2) is 0 Å². The van der Waals surface area contributed by atoms with Crippen LogP contribution in [0, 0.1) is 18.3 Å². The maximum atomic E-state index is 9.02. The molecule has 0 radical (unpaired) electrons. The normalized spacial score (nSPS) is 23.2. The molecular formula is C14H21N3S. The van der Waals surface area contributed by atoms with E-state index in [1.54, 1.807) is 0 Å². The summed E-state index contributed by atoms with van der Waals surface area (Å²) >= 11 is 1.97. The minimum Gasteiger partial charge on any atom is -0.340 e. The van der Waals surface area contributed by atoms with E-state index >= 15 is 0 Å². The Morgan fingerprint density at radius 3 is 2.94 bits per heavy atom. The van der Waals surface area contributed by atoms with Crippen molar-refractivity contribution in [1.29, 1.82) is 5.26 Å². The van der Waals surface area contributed by atoms with E-state index in [1.165, 1.54) is 30.5 Å². The lowest BCUT2D eigenvalue weighted by Crippen LogP contribution is -2.33. The van der Waals surface area contributed by atoms with Crippen LogP contribution in [0.3, 0.4) is 0 Å². The number of aromatic nitrogens is 1. The maximum absolute atomic E-state index is 9.02. The molecule has 2 unspecified atom stereocenters. The molecule has 0 bridgehead atoms. The van der Waals surface area contributed by atoms with Crippen LogP contribution in [-0.2, 0) is 13.6 Å². The molecule has 1 aromatic heterocycles. The van der Waals surface area contributed by atoms with Crippen molar-refractivity contribution in [3.63, 3.8) is 0 Å². The van der Waals surface area contributed by atoms with Gasteiger partial charge in [0.25, 0.3) is 0 Å². The largest absolute Gasteiger partial charge is 0.340 e. The highest BCUT2D eigenvalue weighted by Crippen LogP contribution is 2.28. The Morgan fingerprint density at radius 2 is 2.33 bits per heavy atom. The number of hydrogen-bond acceptors (Lipinski definition) is 3. The van der Waals surface area contributed by atoms with Crippen molar-refractivity contribution in [2.45, 2.75) is 44.0 Å². The molecule has 18 heavy (non-hydrogen) atoms. The zero-order valence-electron chi connectivity index (χ0n) is 11.4. The van der Waals surface area contributed by atoms with Crippen molar-refractivity contribution in [2.75, 3.05) is 6.26 Å². The summed E-state index contributed by atoms with van der Waals surface area (Å²) in [5.41, 5.74) is 3.19. The molecule has 3 nitrogen and oxygen atoms in total. The summed E-state index contributed by atoms with van der Waals surface area (Å²) in [7, 11) is 1.96. The Balaban J connectivity index is 2.00. The molecule has 1 aromatic rings. The molecule has 1 N–H and O–H groups in total. The van der Waals surface area contributed by atoms with Gasteiger partial charge >= 0.3 is 0 Å². The number of hydrogen-bond donors (Lipinski definition) is 1. The first-order chi connectivity index (χ1) is 8.67. The van der Waals surface area contributed by atoms with Crippen LogP contribution in [0.4, 0.5) is 0 Å². The lowest BCUT2D eigenvalue weighted by molar-refractivity contribution is 0.531. The van der Waals surface area contributed by atoms with Crippen molar-refractivity contribution < 1.29 is 0 Å². The summed E-state index contributed by atoms with van der Waals surface area (Å²) < 4.78 is 1.97.